The molecule has 1 aromatic rings. The second kappa shape index (κ2) is 7.98. The van der Waals surface area contributed by atoms with Crippen LogP contribution < -0.4 is 15.2 Å². The van der Waals surface area contributed by atoms with Gasteiger partial charge >= 0.3 is 0 Å². The summed E-state index contributed by atoms with van der Waals surface area (Å²) in [7, 11) is -1.71. The number of anilines is 1. The Kier molecular flexibility index (Phi) is 6.61. The van der Waals surface area contributed by atoms with Crippen LogP contribution in [0.2, 0.25) is 0 Å². The van der Waals surface area contributed by atoms with E-state index in [9.17, 15) is 8.42 Å². The second-order valence-electron chi connectivity index (χ2n) is 3.98. The van der Waals surface area contributed by atoms with Crippen LogP contribution in [0.4, 0.5) is 5.69 Å². The lowest BCUT2D eigenvalue weighted by Gasteiger charge is -2.08. The van der Waals surface area contributed by atoms with Gasteiger partial charge in [0.05, 0.1) is 5.75 Å². The van der Waals surface area contributed by atoms with Crippen LogP contribution in [0.3, 0.4) is 0 Å². The van der Waals surface area contributed by atoms with E-state index in [2.05, 4.69) is 4.72 Å². The van der Waals surface area contributed by atoms with E-state index in [-0.39, 0.29) is 18.9 Å². The largest absolute Gasteiger partial charge is 0.492 e. The first-order valence-electron chi connectivity index (χ1n) is 5.98. The fraction of sp³-hybridized carbons (Fsp3) is 0.500. The highest BCUT2D eigenvalue weighted by molar-refractivity contribution is 7.89. The zero-order chi connectivity index (χ0) is 14.1. The summed E-state index contributed by atoms with van der Waals surface area (Å²) in [5.74, 6) is 0.678. The molecule has 0 aliphatic rings. The van der Waals surface area contributed by atoms with Crippen molar-refractivity contribution in [1.29, 1.82) is 0 Å². The second-order valence-corrected chi connectivity index (χ2v) is 5.91. The maximum Gasteiger partial charge on any atom is 0.211 e. The molecular weight excluding hydrogens is 268 g/mol. The van der Waals surface area contributed by atoms with Gasteiger partial charge in [-0.3, -0.25) is 0 Å². The molecule has 1 aromatic carbocycles. The van der Waals surface area contributed by atoms with Gasteiger partial charge in [0.2, 0.25) is 10.0 Å². The number of ether oxygens (including phenoxy) is 2. The molecule has 0 aromatic heterocycles. The number of sulfonamides is 1. The van der Waals surface area contributed by atoms with E-state index < -0.39 is 10.0 Å². The summed E-state index contributed by atoms with van der Waals surface area (Å²) in [6.45, 7) is 0.914. The van der Waals surface area contributed by atoms with Gasteiger partial charge in [-0.2, -0.15) is 0 Å². The molecule has 0 amide bonds. The van der Waals surface area contributed by atoms with Gasteiger partial charge in [-0.1, -0.05) is 6.07 Å². The number of nitrogens with one attached hydrogen (secondary N) is 1. The van der Waals surface area contributed by atoms with E-state index in [0.717, 1.165) is 0 Å². The lowest BCUT2D eigenvalue weighted by Crippen LogP contribution is -2.30. The molecule has 0 saturated carbocycles. The van der Waals surface area contributed by atoms with E-state index in [4.69, 9.17) is 15.2 Å². The van der Waals surface area contributed by atoms with E-state index in [1.54, 1.807) is 31.4 Å². The van der Waals surface area contributed by atoms with Crippen LogP contribution in [-0.2, 0) is 14.8 Å². The molecule has 0 saturated heterocycles. The van der Waals surface area contributed by atoms with Gasteiger partial charge in [-0.05, 0) is 18.6 Å². The van der Waals surface area contributed by atoms with Crippen molar-refractivity contribution < 1.29 is 17.9 Å². The zero-order valence-electron chi connectivity index (χ0n) is 11.0. The number of rotatable bonds is 9. The molecular formula is C12H20N2O4S. The van der Waals surface area contributed by atoms with Gasteiger partial charge in [-0.15, -0.1) is 0 Å². The summed E-state index contributed by atoms with van der Waals surface area (Å²) in [5.41, 5.74) is 6.21. The Morgan fingerprint density at radius 3 is 2.79 bits per heavy atom. The minimum Gasteiger partial charge on any atom is -0.492 e. The van der Waals surface area contributed by atoms with Crippen molar-refractivity contribution >= 4 is 15.7 Å². The standard InChI is InChI=1S/C12H20N2O4S/c1-17-7-3-9-19(15,16)14-6-8-18-12-5-2-4-11(13)10-12/h2,4-5,10,14H,3,6-9,13H2,1H3. The third kappa shape index (κ3) is 7.00. The van der Waals surface area contributed by atoms with Crippen molar-refractivity contribution in [2.75, 3.05) is 38.4 Å². The minimum atomic E-state index is -3.25. The van der Waals surface area contributed by atoms with Gasteiger partial charge in [0.15, 0.2) is 0 Å². The summed E-state index contributed by atoms with van der Waals surface area (Å²) in [6.07, 6.45) is 0.474. The predicted molar refractivity (Wildman–Crippen MR) is 74.6 cm³/mol. The van der Waals surface area contributed by atoms with Crippen molar-refractivity contribution in [2.45, 2.75) is 6.42 Å². The molecule has 0 spiro atoms. The van der Waals surface area contributed by atoms with Crippen molar-refractivity contribution in [1.82, 2.24) is 4.72 Å². The third-order valence-corrected chi connectivity index (χ3v) is 3.78. The Morgan fingerprint density at radius 2 is 2.11 bits per heavy atom. The quantitative estimate of drug-likeness (QED) is 0.513. The van der Waals surface area contributed by atoms with Crippen molar-refractivity contribution in [2.24, 2.45) is 0 Å². The molecule has 19 heavy (non-hydrogen) atoms. The maximum absolute atomic E-state index is 11.5. The monoisotopic (exact) mass is 288 g/mol. The average molecular weight is 288 g/mol. The Morgan fingerprint density at radius 1 is 1.32 bits per heavy atom. The number of methoxy groups -OCH3 is 1. The first-order chi connectivity index (χ1) is 9.03. The van der Waals surface area contributed by atoms with E-state index in [1.807, 2.05) is 0 Å². The molecule has 0 unspecified atom stereocenters. The van der Waals surface area contributed by atoms with Crippen LogP contribution in [-0.4, -0.2) is 41.0 Å². The lowest BCUT2D eigenvalue weighted by atomic mass is 10.3. The smallest absolute Gasteiger partial charge is 0.211 e. The highest BCUT2D eigenvalue weighted by Gasteiger charge is 2.08. The molecule has 108 valence electrons. The average Bonchev–Trinajstić information content (AvgIpc) is 2.35. The molecule has 0 atom stereocenters. The fourth-order valence-corrected chi connectivity index (χ4v) is 2.47. The first kappa shape index (κ1) is 15.7. The Labute approximate surface area is 113 Å². The zero-order valence-corrected chi connectivity index (χ0v) is 11.8. The van der Waals surface area contributed by atoms with Crippen LogP contribution in [0.5, 0.6) is 5.75 Å². The molecule has 6 nitrogen and oxygen atoms in total. The molecule has 0 aliphatic carbocycles. The Balaban J connectivity index is 2.23. The fourth-order valence-electron chi connectivity index (χ4n) is 1.44. The number of benzene rings is 1. The van der Waals surface area contributed by atoms with Gasteiger partial charge in [0.1, 0.15) is 12.4 Å². The Hall–Kier alpha value is -1.31. The topological polar surface area (TPSA) is 90.7 Å². The molecule has 0 fully saturated rings. The number of hydrogen-bond donors (Lipinski definition) is 2. The summed E-state index contributed by atoms with van der Waals surface area (Å²) in [6, 6.07) is 6.99. The number of nitrogen functional groups attached to an aromatic ring is 1. The highest BCUT2D eigenvalue weighted by atomic mass is 32.2. The highest BCUT2D eigenvalue weighted by Crippen LogP contribution is 2.13. The first-order valence-corrected chi connectivity index (χ1v) is 7.63. The Bertz CT molecular complexity index is 476. The predicted octanol–water partition coefficient (Wildman–Crippen LogP) is 0.604. The van der Waals surface area contributed by atoms with Crippen LogP contribution in [0.1, 0.15) is 6.42 Å². The van der Waals surface area contributed by atoms with Gasteiger partial charge in [0, 0.05) is 32.0 Å². The molecule has 0 heterocycles. The molecule has 3 N–H and O–H groups in total. The van der Waals surface area contributed by atoms with Crippen LogP contribution in [0.15, 0.2) is 24.3 Å². The van der Waals surface area contributed by atoms with E-state index >= 15 is 0 Å². The molecule has 0 bridgehead atoms. The van der Waals surface area contributed by atoms with Gasteiger partial charge in [-0.25, -0.2) is 13.1 Å². The van der Waals surface area contributed by atoms with Crippen LogP contribution in [0.25, 0.3) is 0 Å². The number of nitrogens with two attached hydrogens (primary N) is 1. The summed E-state index contributed by atoms with van der Waals surface area (Å²) in [5, 5.41) is 0. The maximum atomic E-state index is 11.5. The SMILES string of the molecule is COCCCS(=O)(=O)NCCOc1cccc(N)c1. The van der Waals surface area contributed by atoms with Crippen molar-refractivity contribution in [3.05, 3.63) is 24.3 Å². The number of hydrogen-bond acceptors (Lipinski definition) is 5. The third-order valence-electron chi connectivity index (χ3n) is 2.31. The summed E-state index contributed by atoms with van der Waals surface area (Å²) in [4.78, 5) is 0. The van der Waals surface area contributed by atoms with Crippen molar-refractivity contribution in [3.8, 4) is 5.75 Å². The molecule has 0 radical (unpaired) electrons. The van der Waals surface area contributed by atoms with Gasteiger partial charge in [0.25, 0.3) is 0 Å². The molecule has 7 heteroatoms. The minimum absolute atomic E-state index is 0.0547. The molecule has 1 rings (SSSR count). The lowest BCUT2D eigenvalue weighted by molar-refractivity contribution is 0.199. The normalized spacial score (nSPS) is 11.4. The van der Waals surface area contributed by atoms with Gasteiger partial charge < -0.3 is 15.2 Å². The van der Waals surface area contributed by atoms with Crippen molar-refractivity contribution in [3.63, 3.8) is 0 Å². The van der Waals surface area contributed by atoms with Crippen LogP contribution >= 0.6 is 0 Å². The summed E-state index contributed by atoms with van der Waals surface area (Å²) < 4.78 is 35.7. The van der Waals surface area contributed by atoms with Crippen LogP contribution in [0, 0.1) is 0 Å². The summed E-state index contributed by atoms with van der Waals surface area (Å²) >= 11 is 0. The van der Waals surface area contributed by atoms with E-state index in [0.29, 0.717) is 24.5 Å². The molecule has 0 aliphatic heterocycles. The van der Waals surface area contributed by atoms with E-state index in [1.165, 1.54) is 0 Å².